The van der Waals surface area contributed by atoms with Crippen molar-refractivity contribution in [3.63, 3.8) is 0 Å². The topological polar surface area (TPSA) is 111 Å². The van der Waals surface area contributed by atoms with Gasteiger partial charge in [0.2, 0.25) is 0 Å². The van der Waals surface area contributed by atoms with Crippen molar-refractivity contribution in [1.82, 2.24) is 10.6 Å². The van der Waals surface area contributed by atoms with E-state index >= 15 is 0 Å². The Kier molecular flexibility index (Phi) is 5.19. The number of hydrogen-bond acceptors (Lipinski definition) is 5. The van der Waals surface area contributed by atoms with Gasteiger partial charge in [-0.3, -0.25) is 10.1 Å². The summed E-state index contributed by atoms with van der Waals surface area (Å²) in [5.74, 6) is 0.627. The average molecular weight is 420 g/mol. The van der Waals surface area contributed by atoms with Gasteiger partial charge >= 0.3 is 12.0 Å². The molecule has 4 aliphatic rings. The maximum Gasteiger partial charge on any atom is 0.341 e. The average Bonchev–Trinajstić information content (AvgIpc) is 2.59. The van der Waals surface area contributed by atoms with Crippen LogP contribution in [0.4, 0.5) is 10.5 Å². The number of carbonyl (C=O) groups excluding carboxylic acids is 3. The van der Waals surface area contributed by atoms with Gasteiger partial charge in [0.25, 0.3) is 5.91 Å². The highest BCUT2D eigenvalue weighted by Crippen LogP contribution is 2.55. The van der Waals surface area contributed by atoms with Crippen LogP contribution in [-0.2, 0) is 9.53 Å². The SMILES string of the molecule is C[C@@H](OC(=O)c1ccc(Cl)cc1N)C(=O)NC(=O)NC12CC3CC(CC(C3)C1)C2. The van der Waals surface area contributed by atoms with Crippen molar-refractivity contribution in [3.05, 3.63) is 28.8 Å². The van der Waals surface area contributed by atoms with Crippen molar-refractivity contribution in [3.8, 4) is 0 Å². The molecule has 156 valence electrons. The summed E-state index contributed by atoms with van der Waals surface area (Å²) in [6, 6.07) is 3.86. The number of nitrogen functional groups attached to an aromatic ring is 1. The Balaban J connectivity index is 1.31. The van der Waals surface area contributed by atoms with Crippen molar-refractivity contribution < 1.29 is 19.1 Å². The second kappa shape index (κ2) is 7.52. The van der Waals surface area contributed by atoms with Crippen LogP contribution < -0.4 is 16.4 Å². The Morgan fingerprint density at radius 2 is 1.72 bits per heavy atom. The fourth-order valence-electron chi connectivity index (χ4n) is 5.75. The predicted octanol–water partition coefficient (Wildman–Crippen LogP) is 3.26. The number of ether oxygens (including phenoxy) is 1. The van der Waals surface area contributed by atoms with E-state index in [0.29, 0.717) is 22.8 Å². The van der Waals surface area contributed by atoms with Crippen LogP contribution in [-0.4, -0.2) is 29.6 Å². The number of halogens is 1. The molecule has 7 nitrogen and oxygen atoms in total. The zero-order valence-electron chi connectivity index (χ0n) is 16.4. The van der Waals surface area contributed by atoms with Crippen LogP contribution in [0.25, 0.3) is 0 Å². The van der Waals surface area contributed by atoms with Crippen molar-refractivity contribution in [2.45, 2.75) is 57.1 Å². The highest BCUT2D eigenvalue weighted by atomic mass is 35.5. The van der Waals surface area contributed by atoms with Crippen molar-refractivity contribution >= 4 is 35.2 Å². The lowest BCUT2D eigenvalue weighted by Crippen LogP contribution is -2.62. The van der Waals surface area contributed by atoms with E-state index < -0.39 is 24.0 Å². The van der Waals surface area contributed by atoms with Crippen molar-refractivity contribution in [2.24, 2.45) is 17.8 Å². The molecule has 8 heteroatoms. The maximum atomic E-state index is 12.5. The molecule has 0 saturated heterocycles. The van der Waals surface area contributed by atoms with Gasteiger partial charge in [0, 0.05) is 16.2 Å². The summed E-state index contributed by atoms with van der Waals surface area (Å²) in [7, 11) is 0. The van der Waals surface area contributed by atoms with Gasteiger partial charge in [0.1, 0.15) is 0 Å². The molecule has 4 fully saturated rings. The third kappa shape index (κ3) is 4.20. The fraction of sp³-hybridized carbons (Fsp3) is 0.571. The molecule has 0 unspecified atom stereocenters. The lowest BCUT2D eigenvalue weighted by Gasteiger charge is -2.56. The number of nitrogens with one attached hydrogen (secondary N) is 2. The van der Waals surface area contributed by atoms with Crippen LogP contribution in [0, 0.1) is 17.8 Å². The van der Waals surface area contributed by atoms with Crippen molar-refractivity contribution in [1.29, 1.82) is 0 Å². The van der Waals surface area contributed by atoms with Gasteiger partial charge in [-0.2, -0.15) is 0 Å². The molecule has 0 aliphatic heterocycles. The van der Waals surface area contributed by atoms with Crippen LogP contribution >= 0.6 is 11.6 Å². The van der Waals surface area contributed by atoms with E-state index in [0.717, 1.165) is 19.3 Å². The zero-order chi connectivity index (χ0) is 20.8. The van der Waals surface area contributed by atoms with Crippen LogP contribution in [0.1, 0.15) is 55.8 Å². The first-order valence-corrected chi connectivity index (χ1v) is 10.5. The second-order valence-electron chi connectivity index (χ2n) is 8.92. The first kappa shape index (κ1) is 20.0. The Morgan fingerprint density at radius 3 is 2.28 bits per heavy atom. The highest BCUT2D eigenvalue weighted by molar-refractivity contribution is 6.31. The molecular weight excluding hydrogens is 394 g/mol. The first-order chi connectivity index (χ1) is 13.7. The molecule has 4 N–H and O–H groups in total. The Labute approximate surface area is 174 Å². The molecule has 4 saturated carbocycles. The molecule has 4 bridgehead atoms. The van der Waals surface area contributed by atoms with Crippen LogP contribution in [0.2, 0.25) is 5.02 Å². The minimum Gasteiger partial charge on any atom is -0.449 e. The van der Waals surface area contributed by atoms with Gasteiger partial charge in [-0.25, -0.2) is 9.59 Å². The smallest absolute Gasteiger partial charge is 0.341 e. The molecule has 0 aromatic heterocycles. The quantitative estimate of drug-likeness (QED) is 0.512. The summed E-state index contributed by atoms with van der Waals surface area (Å²) >= 11 is 5.82. The highest BCUT2D eigenvalue weighted by Gasteiger charge is 2.51. The van der Waals surface area contributed by atoms with E-state index in [4.69, 9.17) is 22.1 Å². The number of amides is 3. The van der Waals surface area contributed by atoms with E-state index in [9.17, 15) is 14.4 Å². The summed E-state index contributed by atoms with van der Waals surface area (Å²) in [6.45, 7) is 1.41. The van der Waals surface area contributed by atoms with Gasteiger partial charge in [0.15, 0.2) is 6.10 Å². The molecule has 1 aromatic carbocycles. The third-order valence-corrected chi connectivity index (χ3v) is 6.78. The van der Waals surface area contributed by atoms with Gasteiger partial charge in [-0.15, -0.1) is 0 Å². The molecule has 1 aromatic rings. The second-order valence-corrected chi connectivity index (χ2v) is 9.36. The Bertz CT molecular complexity index is 821. The molecule has 5 rings (SSSR count). The molecule has 1 atom stereocenters. The Hall–Kier alpha value is -2.28. The summed E-state index contributed by atoms with van der Waals surface area (Å²) < 4.78 is 5.16. The normalized spacial score (nSPS) is 30.5. The lowest BCUT2D eigenvalue weighted by molar-refractivity contribution is -0.128. The number of nitrogens with two attached hydrogens (primary N) is 1. The minimum atomic E-state index is -1.14. The van der Waals surface area contributed by atoms with Crippen LogP contribution in [0.5, 0.6) is 0 Å². The molecular formula is C21H26ClN3O4. The molecule has 0 radical (unpaired) electrons. The molecule has 0 spiro atoms. The van der Waals surface area contributed by atoms with E-state index in [-0.39, 0.29) is 16.8 Å². The predicted molar refractivity (Wildman–Crippen MR) is 108 cm³/mol. The van der Waals surface area contributed by atoms with E-state index in [1.165, 1.54) is 44.4 Å². The Morgan fingerprint density at radius 1 is 1.14 bits per heavy atom. The molecule has 4 aliphatic carbocycles. The van der Waals surface area contributed by atoms with Gasteiger partial charge in [0.05, 0.1) is 5.56 Å². The molecule has 29 heavy (non-hydrogen) atoms. The number of carbonyl (C=O) groups is 3. The molecule has 3 amide bonds. The third-order valence-electron chi connectivity index (χ3n) is 6.54. The number of rotatable bonds is 4. The summed E-state index contributed by atoms with van der Waals surface area (Å²) in [5.41, 5.74) is 5.85. The van der Waals surface area contributed by atoms with Crippen molar-refractivity contribution in [2.75, 3.05) is 5.73 Å². The van der Waals surface area contributed by atoms with Crippen LogP contribution in [0.3, 0.4) is 0 Å². The summed E-state index contributed by atoms with van der Waals surface area (Å²) in [5, 5.41) is 5.78. The number of benzene rings is 1. The standard InChI is InChI=1S/C21H26ClN3O4/c1-11(29-19(27)16-3-2-15(22)7-17(16)23)18(26)24-20(28)25-21-8-12-4-13(9-21)6-14(5-12)10-21/h2-3,7,11-14H,4-6,8-10,23H2,1H3,(H2,24,25,26,28)/t11-,12?,13?,14?,21?/m1/s1. The number of urea groups is 1. The van der Waals surface area contributed by atoms with E-state index in [1.807, 2.05) is 0 Å². The fourth-order valence-corrected chi connectivity index (χ4v) is 5.93. The van der Waals surface area contributed by atoms with Gasteiger partial charge < -0.3 is 15.8 Å². The summed E-state index contributed by atoms with van der Waals surface area (Å²) in [4.78, 5) is 37.1. The van der Waals surface area contributed by atoms with E-state index in [1.54, 1.807) is 0 Å². The zero-order valence-corrected chi connectivity index (χ0v) is 17.1. The first-order valence-electron chi connectivity index (χ1n) is 10.1. The van der Waals surface area contributed by atoms with Gasteiger partial charge in [-0.1, -0.05) is 11.6 Å². The number of imide groups is 1. The number of hydrogen-bond donors (Lipinski definition) is 3. The van der Waals surface area contributed by atoms with Crippen LogP contribution in [0.15, 0.2) is 18.2 Å². The number of anilines is 1. The van der Waals surface area contributed by atoms with E-state index in [2.05, 4.69) is 10.6 Å². The monoisotopic (exact) mass is 419 g/mol. The number of esters is 1. The van der Waals surface area contributed by atoms with Gasteiger partial charge in [-0.05, 0) is 81.4 Å². The maximum absolute atomic E-state index is 12.5. The largest absolute Gasteiger partial charge is 0.449 e. The molecule has 0 heterocycles. The minimum absolute atomic E-state index is 0.118. The lowest BCUT2D eigenvalue weighted by atomic mass is 9.53. The summed E-state index contributed by atoms with van der Waals surface area (Å²) in [6.07, 6.45) is 5.62.